The number of carbonyl (C=O) groups is 1. The smallest absolute Gasteiger partial charge is 0.394 e. The van der Waals surface area contributed by atoms with Crippen molar-refractivity contribution in [3.63, 3.8) is 0 Å². The van der Waals surface area contributed by atoms with Crippen molar-refractivity contribution in [2.24, 2.45) is 12.8 Å². The predicted molar refractivity (Wildman–Crippen MR) is 102 cm³/mol. The number of Topliss-reactive ketones (excluding diaryl/α,β-unsaturated/α-hetero) is 1. The molecule has 0 bridgehead atoms. The number of nitrogens with zero attached hydrogens (tertiary/aromatic N) is 1. The van der Waals surface area contributed by atoms with Crippen LogP contribution in [0.5, 0.6) is 0 Å². The van der Waals surface area contributed by atoms with Gasteiger partial charge in [0.15, 0.2) is 5.78 Å². The minimum atomic E-state index is -4.36. The predicted octanol–water partition coefficient (Wildman–Crippen LogP) is 3.89. The van der Waals surface area contributed by atoms with E-state index in [0.717, 1.165) is 17.8 Å². The number of benzene rings is 1. The van der Waals surface area contributed by atoms with Gasteiger partial charge in [0.25, 0.3) is 0 Å². The highest BCUT2D eigenvalue weighted by Crippen LogP contribution is 2.29. The van der Waals surface area contributed by atoms with Crippen molar-refractivity contribution in [1.29, 1.82) is 0 Å². The number of aliphatic hydroxyl groups excluding tert-OH is 1. The standard InChI is InChI=1S/C21H27F3N2O2/c1-20(25,14-27)12-11-17-9-10-18(26(17)2)19(28)8-4-6-15-5-3-7-16(13-15)21(22,23)24/h3,5,7,9-10,13,27H,4,6,8,11-12,14,25H2,1-2H3. The summed E-state index contributed by atoms with van der Waals surface area (Å²) in [4.78, 5) is 12.5. The molecule has 1 unspecified atom stereocenters. The lowest BCUT2D eigenvalue weighted by Gasteiger charge is -2.21. The molecule has 4 nitrogen and oxygen atoms in total. The molecule has 1 heterocycles. The van der Waals surface area contributed by atoms with Crippen LogP contribution in [0.1, 0.15) is 53.5 Å². The molecule has 0 saturated carbocycles. The molecule has 2 aromatic rings. The number of rotatable bonds is 9. The summed E-state index contributed by atoms with van der Waals surface area (Å²) < 4.78 is 40.1. The first-order valence-corrected chi connectivity index (χ1v) is 9.27. The van der Waals surface area contributed by atoms with Crippen LogP contribution in [0.2, 0.25) is 0 Å². The third-order valence-electron chi connectivity index (χ3n) is 4.95. The second-order valence-corrected chi connectivity index (χ2v) is 7.56. The van der Waals surface area contributed by atoms with Crippen LogP contribution in [0.3, 0.4) is 0 Å². The lowest BCUT2D eigenvalue weighted by Crippen LogP contribution is -2.40. The summed E-state index contributed by atoms with van der Waals surface area (Å²) in [5.41, 5.74) is 6.70. The van der Waals surface area contributed by atoms with Crippen LogP contribution >= 0.6 is 0 Å². The average Bonchev–Trinajstić information content (AvgIpc) is 3.00. The molecule has 0 spiro atoms. The summed E-state index contributed by atoms with van der Waals surface area (Å²) in [6, 6.07) is 8.84. The molecule has 0 amide bonds. The van der Waals surface area contributed by atoms with Gasteiger partial charge < -0.3 is 15.4 Å². The molecule has 7 heteroatoms. The molecule has 0 fully saturated rings. The van der Waals surface area contributed by atoms with Gasteiger partial charge in [-0.15, -0.1) is 0 Å². The van der Waals surface area contributed by atoms with Gasteiger partial charge in [0.2, 0.25) is 0 Å². The summed E-state index contributed by atoms with van der Waals surface area (Å²) in [5.74, 6) is -0.0432. The third-order valence-corrected chi connectivity index (χ3v) is 4.95. The van der Waals surface area contributed by atoms with Gasteiger partial charge in [-0.1, -0.05) is 18.2 Å². The summed E-state index contributed by atoms with van der Waals surface area (Å²) in [6.45, 7) is 1.66. The Morgan fingerprint density at radius 2 is 1.89 bits per heavy atom. The van der Waals surface area contributed by atoms with Crippen molar-refractivity contribution in [1.82, 2.24) is 4.57 Å². The van der Waals surface area contributed by atoms with Gasteiger partial charge >= 0.3 is 6.18 Å². The van der Waals surface area contributed by atoms with Crippen molar-refractivity contribution in [2.45, 2.75) is 50.7 Å². The fourth-order valence-corrected chi connectivity index (χ4v) is 3.06. The Labute approximate surface area is 163 Å². The maximum Gasteiger partial charge on any atom is 0.416 e. The van der Waals surface area contributed by atoms with Crippen molar-refractivity contribution < 1.29 is 23.1 Å². The summed E-state index contributed by atoms with van der Waals surface area (Å²) in [6.07, 6.45) is -1.98. The number of aliphatic hydroxyl groups is 1. The number of alkyl halides is 3. The van der Waals surface area contributed by atoms with E-state index in [4.69, 9.17) is 5.73 Å². The Hall–Kier alpha value is -2.12. The van der Waals surface area contributed by atoms with Crippen LogP contribution in [-0.2, 0) is 26.1 Å². The van der Waals surface area contributed by atoms with Gasteiger partial charge in [0.05, 0.1) is 17.9 Å². The number of ketones is 1. The Morgan fingerprint density at radius 1 is 1.18 bits per heavy atom. The molecular weight excluding hydrogens is 369 g/mol. The normalized spacial score (nSPS) is 14.1. The Bertz CT molecular complexity index is 810. The summed E-state index contributed by atoms with van der Waals surface area (Å²) in [5, 5.41) is 9.24. The maximum atomic E-state index is 12.8. The zero-order valence-corrected chi connectivity index (χ0v) is 16.2. The molecule has 2 rings (SSSR count). The fourth-order valence-electron chi connectivity index (χ4n) is 3.06. The molecule has 3 N–H and O–H groups in total. The molecule has 1 aromatic heterocycles. The first-order valence-electron chi connectivity index (χ1n) is 9.27. The largest absolute Gasteiger partial charge is 0.416 e. The monoisotopic (exact) mass is 396 g/mol. The SMILES string of the molecule is Cn1c(CCC(C)(N)CO)ccc1C(=O)CCCc1cccc(C(F)(F)F)c1. The first kappa shape index (κ1) is 22.2. The minimum Gasteiger partial charge on any atom is -0.394 e. The highest BCUT2D eigenvalue weighted by Gasteiger charge is 2.30. The number of hydrogen-bond acceptors (Lipinski definition) is 3. The van der Waals surface area contributed by atoms with Crippen LogP contribution in [0.25, 0.3) is 0 Å². The van der Waals surface area contributed by atoms with Gasteiger partial charge in [0.1, 0.15) is 0 Å². The van der Waals surface area contributed by atoms with Gasteiger partial charge in [-0.05, 0) is 56.4 Å². The van der Waals surface area contributed by atoms with Gasteiger partial charge in [-0.3, -0.25) is 4.79 Å². The molecule has 0 aliphatic rings. The quantitative estimate of drug-likeness (QED) is 0.632. The highest BCUT2D eigenvalue weighted by atomic mass is 19.4. The zero-order chi connectivity index (χ0) is 20.9. The van der Waals surface area contributed by atoms with E-state index in [1.54, 1.807) is 19.1 Å². The highest BCUT2D eigenvalue weighted by molar-refractivity contribution is 5.94. The van der Waals surface area contributed by atoms with E-state index >= 15 is 0 Å². The van der Waals surface area contributed by atoms with Crippen LogP contribution < -0.4 is 5.73 Å². The Kier molecular flexibility index (Phi) is 7.06. The Balaban J connectivity index is 1.92. The van der Waals surface area contributed by atoms with Gasteiger partial charge in [-0.25, -0.2) is 0 Å². The Morgan fingerprint density at radius 3 is 2.54 bits per heavy atom. The average molecular weight is 396 g/mol. The number of nitrogens with two attached hydrogens (primary N) is 1. The first-order chi connectivity index (χ1) is 13.0. The van der Waals surface area contributed by atoms with E-state index in [9.17, 15) is 23.1 Å². The molecule has 0 aliphatic heterocycles. The van der Waals surface area contributed by atoms with E-state index in [0.29, 0.717) is 36.9 Å². The van der Waals surface area contributed by atoms with Crippen molar-refractivity contribution in [3.05, 3.63) is 58.9 Å². The van der Waals surface area contributed by atoms with Crippen molar-refractivity contribution in [3.8, 4) is 0 Å². The molecule has 1 aromatic carbocycles. The molecule has 0 radical (unpaired) electrons. The molecule has 154 valence electrons. The molecular formula is C21H27F3N2O2. The topological polar surface area (TPSA) is 68.2 Å². The second-order valence-electron chi connectivity index (χ2n) is 7.56. The number of halogens is 3. The lowest BCUT2D eigenvalue weighted by molar-refractivity contribution is -0.137. The van der Waals surface area contributed by atoms with Crippen LogP contribution in [0.15, 0.2) is 36.4 Å². The maximum absolute atomic E-state index is 12.8. The van der Waals surface area contributed by atoms with Crippen LogP contribution in [0.4, 0.5) is 13.2 Å². The zero-order valence-electron chi connectivity index (χ0n) is 16.2. The molecule has 0 aliphatic carbocycles. The van der Waals surface area contributed by atoms with E-state index in [1.165, 1.54) is 6.07 Å². The van der Waals surface area contributed by atoms with Gasteiger partial charge in [0, 0.05) is 24.7 Å². The van der Waals surface area contributed by atoms with E-state index in [-0.39, 0.29) is 18.8 Å². The van der Waals surface area contributed by atoms with Crippen molar-refractivity contribution >= 4 is 5.78 Å². The molecule has 1 atom stereocenters. The third kappa shape index (κ3) is 5.94. The number of hydrogen-bond donors (Lipinski definition) is 2. The van der Waals surface area contributed by atoms with Crippen LogP contribution in [0, 0.1) is 0 Å². The van der Waals surface area contributed by atoms with Crippen LogP contribution in [-0.4, -0.2) is 27.6 Å². The summed E-state index contributed by atoms with van der Waals surface area (Å²) in [7, 11) is 1.81. The van der Waals surface area contributed by atoms with Crippen molar-refractivity contribution in [2.75, 3.05) is 6.61 Å². The summed E-state index contributed by atoms with van der Waals surface area (Å²) >= 11 is 0. The van der Waals surface area contributed by atoms with E-state index in [2.05, 4.69) is 0 Å². The second kappa shape index (κ2) is 8.92. The number of aromatic nitrogens is 1. The number of aryl methyl sites for hydroxylation is 2. The van der Waals surface area contributed by atoms with E-state index < -0.39 is 17.3 Å². The van der Waals surface area contributed by atoms with Gasteiger partial charge in [-0.2, -0.15) is 13.2 Å². The lowest BCUT2D eigenvalue weighted by atomic mass is 9.97. The minimum absolute atomic E-state index is 0.0432. The fraction of sp³-hybridized carbons (Fsp3) is 0.476. The molecule has 28 heavy (non-hydrogen) atoms. The molecule has 0 saturated heterocycles. The van der Waals surface area contributed by atoms with E-state index in [1.807, 2.05) is 17.7 Å². The number of carbonyl (C=O) groups excluding carboxylic acids is 1.